The van der Waals surface area contributed by atoms with Crippen LogP contribution in [0, 0.1) is 0 Å². The number of rotatable bonds is 0. The highest BCUT2D eigenvalue weighted by molar-refractivity contribution is 14.2. The van der Waals surface area contributed by atoms with E-state index in [0.29, 0.717) is 0 Å². The van der Waals surface area contributed by atoms with Crippen LogP contribution in [0.1, 0.15) is 12.0 Å². The van der Waals surface area contributed by atoms with Gasteiger partial charge >= 0.3 is 0 Å². The fourth-order valence-electron chi connectivity index (χ4n) is 2.16. The molecule has 16 heavy (non-hydrogen) atoms. The van der Waals surface area contributed by atoms with Crippen LogP contribution in [0.2, 0.25) is 0 Å². The molecule has 1 aliphatic rings. The molecule has 3 heteroatoms. The van der Waals surface area contributed by atoms with Gasteiger partial charge in [0.1, 0.15) is 1.43 Å². The van der Waals surface area contributed by atoms with Crippen molar-refractivity contribution in [3.63, 3.8) is 0 Å². The molecule has 0 atom stereocenters. The average Bonchev–Trinajstić information content (AvgIpc) is 2.28. The number of alkyl halides is 2. The Balaban J connectivity index is 2.39. The van der Waals surface area contributed by atoms with Gasteiger partial charge in [0.25, 0.3) is 0 Å². The van der Waals surface area contributed by atoms with Gasteiger partial charge in [-0.15, -0.1) is 11.8 Å². The summed E-state index contributed by atoms with van der Waals surface area (Å²) in [5.74, 6) is 1.23. The molecule has 0 unspecified atom stereocenters. The highest BCUT2D eigenvalue weighted by atomic mass is 127. The van der Waals surface area contributed by atoms with Crippen molar-refractivity contribution in [2.45, 2.75) is 12.7 Å². The molecule has 3 rings (SSSR count). The second-order valence-corrected chi connectivity index (χ2v) is 10.8. The Morgan fingerprint density at radius 1 is 1.06 bits per heavy atom. The Morgan fingerprint density at radius 3 is 2.75 bits per heavy atom. The van der Waals surface area contributed by atoms with E-state index in [-0.39, 0.29) is 1.43 Å². The van der Waals surface area contributed by atoms with Crippen molar-refractivity contribution in [2.24, 2.45) is 0 Å². The molecular formula is C13H10I2S. The van der Waals surface area contributed by atoms with Crippen LogP contribution in [0.25, 0.3) is 10.8 Å². The lowest BCUT2D eigenvalue weighted by Crippen LogP contribution is -2.16. The van der Waals surface area contributed by atoms with Crippen molar-refractivity contribution in [3.8, 4) is 0 Å². The van der Waals surface area contributed by atoms with Gasteiger partial charge in [-0.2, -0.15) is 0 Å². The summed E-state index contributed by atoms with van der Waals surface area (Å²) >= 11 is 7.20. The van der Waals surface area contributed by atoms with E-state index >= 15 is 0 Å². The first-order chi connectivity index (χ1) is 7.68. The quantitative estimate of drug-likeness (QED) is 0.384. The standard InChI is InChI=1S/C13H10I2S/c14-13(15)7-8-16-11-6-5-9-3-1-2-4-10(9)12(11)13/h1-6H,7-8H2. The molecule has 1 heterocycles. The van der Waals surface area contributed by atoms with Gasteiger partial charge in [-0.05, 0) is 28.8 Å². The molecule has 0 saturated carbocycles. The maximum absolute atomic E-state index is 2.60. The van der Waals surface area contributed by atoms with E-state index in [9.17, 15) is 0 Å². The van der Waals surface area contributed by atoms with Gasteiger partial charge in [0.2, 0.25) is 0 Å². The molecule has 2 aromatic carbocycles. The average molecular weight is 452 g/mol. The molecule has 0 bridgehead atoms. The smallest absolute Gasteiger partial charge is 0.101 e. The zero-order valence-electron chi connectivity index (χ0n) is 8.54. The third kappa shape index (κ3) is 1.88. The van der Waals surface area contributed by atoms with Crippen LogP contribution in [0.4, 0.5) is 0 Å². The van der Waals surface area contributed by atoms with Crippen molar-refractivity contribution in [1.29, 1.82) is 0 Å². The van der Waals surface area contributed by atoms with Crippen LogP contribution in [0.5, 0.6) is 0 Å². The minimum atomic E-state index is 0.261. The summed E-state index contributed by atoms with van der Waals surface area (Å²) in [4.78, 5) is 1.47. The Kier molecular flexibility index (Phi) is 3.13. The van der Waals surface area contributed by atoms with Crippen LogP contribution in [-0.4, -0.2) is 5.75 Å². The maximum atomic E-state index is 2.60. The van der Waals surface area contributed by atoms with Crippen molar-refractivity contribution >= 4 is 67.7 Å². The summed E-state index contributed by atoms with van der Waals surface area (Å²) < 4.78 is 0.261. The van der Waals surface area contributed by atoms with Gasteiger partial charge < -0.3 is 0 Å². The van der Waals surface area contributed by atoms with Crippen LogP contribution < -0.4 is 0 Å². The largest absolute Gasteiger partial charge is 0.126 e. The fraction of sp³-hybridized carbons (Fsp3) is 0.231. The second kappa shape index (κ2) is 4.31. The summed E-state index contributed by atoms with van der Waals surface area (Å²) in [5.41, 5.74) is 1.53. The minimum Gasteiger partial charge on any atom is -0.126 e. The van der Waals surface area contributed by atoms with Crippen LogP contribution in [0.3, 0.4) is 0 Å². The SMILES string of the molecule is IC1(I)CCSc2ccc3ccccc3c21. The van der Waals surface area contributed by atoms with Gasteiger partial charge in [-0.1, -0.05) is 75.5 Å². The molecule has 0 fully saturated rings. The number of fused-ring (bicyclic) bond motifs is 3. The zero-order chi connectivity index (χ0) is 11.2. The first kappa shape index (κ1) is 11.6. The van der Waals surface area contributed by atoms with Gasteiger partial charge in [0, 0.05) is 10.6 Å². The molecule has 0 aliphatic carbocycles. The lowest BCUT2D eigenvalue weighted by atomic mass is 10.0. The fourth-order valence-corrected chi connectivity index (χ4v) is 6.18. The third-order valence-corrected chi connectivity index (χ3v) is 6.15. The number of halogens is 2. The lowest BCUT2D eigenvalue weighted by Gasteiger charge is -2.30. The molecule has 0 nitrogen and oxygen atoms in total. The molecular weight excluding hydrogens is 442 g/mol. The van der Waals surface area contributed by atoms with Gasteiger partial charge in [0.15, 0.2) is 0 Å². The number of hydrogen-bond donors (Lipinski definition) is 0. The molecule has 1 aliphatic heterocycles. The zero-order valence-corrected chi connectivity index (χ0v) is 13.7. The molecule has 0 aromatic heterocycles. The first-order valence-electron chi connectivity index (χ1n) is 5.21. The lowest BCUT2D eigenvalue weighted by molar-refractivity contribution is 0.878. The summed E-state index contributed by atoms with van der Waals surface area (Å²) in [7, 11) is 0. The maximum Gasteiger partial charge on any atom is 0.101 e. The van der Waals surface area contributed by atoms with Crippen LogP contribution in [0.15, 0.2) is 41.3 Å². The number of benzene rings is 2. The number of thioether (sulfide) groups is 1. The monoisotopic (exact) mass is 452 g/mol. The topological polar surface area (TPSA) is 0 Å². The Morgan fingerprint density at radius 2 is 1.88 bits per heavy atom. The summed E-state index contributed by atoms with van der Waals surface area (Å²) in [6.45, 7) is 0. The molecule has 0 saturated heterocycles. The molecule has 2 aromatic rings. The summed E-state index contributed by atoms with van der Waals surface area (Å²) in [5, 5.41) is 2.79. The molecule has 0 N–H and O–H groups in total. The van der Waals surface area contributed by atoms with Crippen LogP contribution in [-0.2, 0) is 1.43 Å². The minimum absolute atomic E-state index is 0.261. The highest BCUT2D eigenvalue weighted by Gasteiger charge is 2.32. The predicted octanol–water partition coefficient (Wildman–Crippen LogP) is 5.36. The van der Waals surface area contributed by atoms with Gasteiger partial charge in [-0.25, -0.2) is 0 Å². The van der Waals surface area contributed by atoms with Crippen molar-refractivity contribution in [1.82, 2.24) is 0 Å². The van der Waals surface area contributed by atoms with E-state index < -0.39 is 0 Å². The predicted molar refractivity (Wildman–Crippen MR) is 89.0 cm³/mol. The highest BCUT2D eigenvalue weighted by Crippen LogP contribution is 2.53. The Labute approximate surface area is 127 Å². The number of hydrogen-bond acceptors (Lipinski definition) is 1. The molecule has 82 valence electrons. The molecule has 0 spiro atoms. The van der Waals surface area contributed by atoms with E-state index in [0.717, 1.165) is 0 Å². The molecule has 0 amide bonds. The van der Waals surface area contributed by atoms with Crippen molar-refractivity contribution < 1.29 is 0 Å². The van der Waals surface area contributed by atoms with E-state index in [2.05, 4.69) is 81.6 Å². The summed E-state index contributed by atoms with van der Waals surface area (Å²) in [6.07, 6.45) is 1.25. The first-order valence-corrected chi connectivity index (χ1v) is 8.36. The van der Waals surface area contributed by atoms with Gasteiger partial charge in [0.05, 0.1) is 0 Å². The Bertz CT molecular complexity index is 549. The van der Waals surface area contributed by atoms with Crippen molar-refractivity contribution in [3.05, 3.63) is 42.0 Å². The van der Waals surface area contributed by atoms with E-state index in [1.807, 2.05) is 11.8 Å². The van der Waals surface area contributed by atoms with E-state index in [1.165, 1.54) is 33.4 Å². The van der Waals surface area contributed by atoms with E-state index in [1.54, 1.807) is 0 Å². The van der Waals surface area contributed by atoms with E-state index in [4.69, 9.17) is 0 Å². The second-order valence-electron chi connectivity index (χ2n) is 3.96. The summed E-state index contributed by atoms with van der Waals surface area (Å²) in [6, 6.07) is 13.3. The van der Waals surface area contributed by atoms with Crippen molar-refractivity contribution in [2.75, 3.05) is 5.75 Å². The third-order valence-electron chi connectivity index (χ3n) is 2.93. The molecule has 0 radical (unpaired) electrons. The normalized spacial score (nSPS) is 18.4. The van der Waals surface area contributed by atoms with Crippen LogP contribution >= 0.6 is 56.9 Å². The van der Waals surface area contributed by atoms with Gasteiger partial charge in [-0.3, -0.25) is 0 Å². The Hall–Kier alpha value is 0.510.